The monoisotopic (exact) mass is 434 g/mol. The molecular formula is C23H32ClFN4O. The minimum absolute atomic E-state index is 0.0868. The van der Waals surface area contributed by atoms with E-state index in [0.717, 1.165) is 51.5 Å². The molecule has 30 heavy (non-hydrogen) atoms. The molecule has 0 unspecified atom stereocenters. The van der Waals surface area contributed by atoms with Crippen LogP contribution in [-0.4, -0.2) is 49.6 Å². The summed E-state index contributed by atoms with van der Waals surface area (Å²) in [7, 11) is 0. The van der Waals surface area contributed by atoms with Gasteiger partial charge in [0.15, 0.2) is 0 Å². The van der Waals surface area contributed by atoms with E-state index in [2.05, 4.69) is 21.2 Å². The Morgan fingerprint density at radius 1 is 1.20 bits per heavy atom. The number of hydrogen-bond donors (Lipinski definition) is 1. The van der Waals surface area contributed by atoms with Crippen LogP contribution in [0.5, 0.6) is 0 Å². The maximum Gasteiger partial charge on any atom is 0.220 e. The van der Waals surface area contributed by atoms with Crippen LogP contribution in [0, 0.1) is 23.1 Å². The van der Waals surface area contributed by atoms with Gasteiger partial charge in [0.05, 0.1) is 11.8 Å². The molecule has 7 heteroatoms. The maximum atomic E-state index is 14.1. The number of piperazine rings is 1. The van der Waals surface area contributed by atoms with Gasteiger partial charge in [0.2, 0.25) is 5.91 Å². The Labute approximate surface area is 184 Å². The summed E-state index contributed by atoms with van der Waals surface area (Å²) in [4.78, 5) is 16.5. The maximum absolute atomic E-state index is 14.1. The van der Waals surface area contributed by atoms with E-state index >= 15 is 0 Å². The van der Waals surface area contributed by atoms with E-state index in [0.29, 0.717) is 36.0 Å². The van der Waals surface area contributed by atoms with Gasteiger partial charge >= 0.3 is 0 Å². The average Bonchev–Trinajstić information content (AvgIpc) is 2.74. The van der Waals surface area contributed by atoms with Crippen LogP contribution in [0.4, 0.5) is 10.1 Å². The first-order chi connectivity index (χ1) is 14.5. The highest BCUT2D eigenvalue weighted by Crippen LogP contribution is 2.28. The Balaban J connectivity index is 1.31. The Morgan fingerprint density at radius 3 is 2.60 bits per heavy atom. The van der Waals surface area contributed by atoms with Crippen molar-refractivity contribution in [3.63, 3.8) is 0 Å². The molecule has 2 fully saturated rings. The summed E-state index contributed by atoms with van der Waals surface area (Å²) in [5.41, 5.74) is 0.645. The molecule has 1 aromatic carbocycles. The van der Waals surface area contributed by atoms with Gasteiger partial charge in [-0.3, -0.25) is 9.69 Å². The van der Waals surface area contributed by atoms with Gasteiger partial charge in [0, 0.05) is 50.1 Å². The van der Waals surface area contributed by atoms with Crippen LogP contribution in [0.3, 0.4) is 0 Å². The second kappa shape index (κ2) is 11.5. The minimum atomic E-state index is -0.245. The lowest BCUT2D eigenvalue weighted by Gasteiger charge is -2.37. The van der Waals surface area contributed by atoms with Gasteiger partial charge in [-0.2, -0.15) is 5.26 Å². The molecule has 1 saturated heterocycles. The molecule has 0 spiro atoms. The normalized spacial score (nSPS) is 22.5. The molecule has 2 aliphatic rings. The summed E-state index contributed by atoms with van der Waals surface area (Å²) in [6.45, 7) is 4.67. The predicted molar refractivity (Wildman–Crippen MR) is 118 cm³/mol. The fourth-order valence-corrected chi connectivity index (χ4v) is 4.70. The van der Waals surface area contributed by atoms with Crippen molar-refractivity contribution >= 4 is 23.2 Å². The molecule has 1 N–H and O–H groups in total. The predicted octanol–water partition coefficient (Wildman–Crippen LogP) is 4.36. The molecule has 1 aliphatic carbocycles. The first-order valence-corrected chi connectivity index (χ1v) is 11.5. The van der Waals surface area contributed by atoms with Crippen molar-refractivity contribution in [2.24, 2.45) is 5.92 Å². The van der Waals surface area contributed by atoms with E-state index in [-0.39, 0.29) is 11.7 Å². The van der Waals surface area contributed by atoms with Gasteiger partial charge in [-0.15, -0.1) is 0 Å². The Morgan fingerprint density at radius 2 is 1.93 bits per heavy atom. The zero-order valence-corrected chi connectivity index (χ0v) is 18.3. The van der Waals surface area contributed by atoms with Crippen molar-refractivity contribution < 1.29 is 9.18 Å². The zero-order valence-electron chi connectivity index (χ0n) is 17.6. The molecule has 3 rings (SSSR count). The fourth-order valence-electron chi connectivity index (χ4n) is 4.54. The van der Waals surface area contributed by atoms with Crippen LogP contribution in [0.25, 0.3) is 0 Å². The van der Waals surface area contributed by atoms with Crippen molar-refractivity contribution in [3.05, 3.63) is 29.0 Å². The van der Waals surface area contributed by atoms with E-state index in [1.165, 1.54) is 25.3 Å². The van der Waals surface area contributed by atoms with Crippen LogP contribution in [0.15, 0.2) is 18.2 Å². The third-order valence-electron chi connectivity index (χ3n) is 6.38. The van der Waals surface area contributed by atoms with E-state index in [4.69, 9.17) is 16.9 Å². The lowest BCUT2D eigenvalue weighted by molar-refractivity contribution is -0.122. The highest BCUT2D eigenvalue weighted by Gasteiger charge is 2.24. The molecule has 1 heterocycles. The van der Waals surface area contributed by atoms with E-state index in [9.17, 15) is 9.18 Å². The van der Waals surface area contributed by atoms with Gasteiger partial charge < -0.3 is 10.2 Å². The van der Waals surface area contributed by atoms with Gasteiger partial charge in [0.1, 0.15) is 5.82 Å². The molecule has 1 saturated carbocycles. The molecule has 1 amide bonds. The quantitative estimate of drug-likeness (QED) is 0.617. The number of nitrogens with one attached hydrogen (secondary N) is 1. The number of rotatable bonds is 8. The number of nitriles is 1. The number of carbonyl (C=O) groups is 1. The molecule has 0 atom stereocenters. The molecule has 0 aromatic heterocycles. The molecule has 1 aromatic rings. The van der Waals surface area contributed by atoms with Crippen molar-refractivity contribution in [2.75, 3.05) is 37.6 Å². The Hall–Kier alpha value is -1.84. The smallest absolute Gasteiger partial charge is 0.220 e. The van der Waals surface area contributed by atoms with Crippen molar-refractivity contribution in [1.29, 1.82) is 5.26 Å². The molecular weight excluding hydrogens is 403 g/mol. The molecule has 0 radical (unpaired) electrons. The standard InChI is InChI=1S/C23H32ClFN4O/c24-19-6-9-22(21(25)17-19)29-15-13-28(14-16-29)12-10-18-4-7-20(8-5-18)27-23(30)3-1-2-11-26/h6,9,17-18,20H,1-5,7-8,10,12-16H2,(H,27,30). The summed E-state index contributed by atoms with van der Waals surface area (Å²) >= 11 is 5.86. The van der Waals surface area contributed by atoms with Gasteiger partial charge in [-0.05, 0) is 69.2 Å². The van der Waals surface area contributed by atoms with Gasteiger partial charge in [0.25, 0.3) is 0 Å². The van der Waals surface area contributed by atoms with Crippen LogP contribution < -0.4 is 10.2 Å². The number of unbranched alkanes of at least 4 members (excludes halogenated alkanes) is 1. The zero-order chi connectivity index (χ0) is 21.3. The van der Waals surface area contributed by atoms with Crippen molar-refractivity contribution in [2.45, 2.75) is 57.4 Å². The third kappa shape index (κ3) is 6.85. The molecule has 0 bridgehead atoms. The van der Waals surface area contributed by atoms with Crippen LogP contribution in [-0.2, 0) is 4.79 Å². The van der Waals surface area contributed by atoms with E-state index < -0.39 is 0 Å². The Bertz CT molecular complexity index is 737. The van der Waals surface area contributed by atoms with E-state index in [1.807, 2.05) is 0 Å². The second-order valence-corrected chi connectivity index (χ2v) is 8.95. The number of carbonyl (C=O) groups excluding carboxylic acids is 1. The lowest BCUT2D eigenvalue weighted by Crippen LogP contribution is -2.47. The second-order valence-electron chi connectivity index (χ2n) is 8.51. The first-order valence-electron chi connectivity index (χ1n) is 11.1. The van der Waals surface area contributed by atoms with Crippen LogP contribution in [0.2, 0.25) is 5.02 Å². The summed E-state index contributed by atoms with van der Waals surface area (Å²) < 4.78 is 14.1. The summed E-state index contributed by atoms with van der Waals surface area (Å²) in [5.74, 6) is 0.567. The fraction of sp³-hybridized carbons (Fsp3) is 0.652. The van der Waals surface area contributed by atoms with Crippen molar-refractivity contribution in [1.82, 2.24) is 10.2 Å². The Kier molecular flexibility index (Phi) is 8.77. The number of hydrogen-bond acceptors (Lipinski definition) is 4. The van der Waals surface area contributed by atoms with Crippen LogP contribution >= 0.6 is 11.6 Å². The minimum Gasteiger partial charge on any atom is -0.367 e. The molecule has 5 nitrogen and oxygen atoms in total. The average molecular weight is 435 g/mol. The van der Waals surface area contributed by atoms with Crippen LogP contribution in [0.1, 0.15) is 51.4 Å². The summed E-state index contributed by atoms with van der Waals surface area (Å²) in [6.07, 6.45) is 7.19. The SMILES string of the molecule is N#CCCCC(=O)NC1CCC(CCN2CCN(c3ccc(Cl)cc3F)CC2)CC1. The lowest BCUT2D eigenvalue weighted by atomic mass is 9.84. The van der Waals surface area contributed by atoms with Gasteiger partial charge in [-0.1, -0.05) is 11.6 Å². The molecule has 164 valence electrons. The number of nitrogens with zero attached hydrogens (tertiary/aromatic N) is 3. The number of anilines is 1. The number of amides is 1. The largest absolute Gasteiger partial charge is 0.367 e. The summed E-state index contributed by atoms with van der Waals surface area (Å²) in [5, 5.41) is 12.1. The highest BCUT2D eigenvalue weighted by atomic mass is 35.5. The third-order valence-corrected chi connectivity index (χ3v) is 6.62. The van der Waals surface area contributed by atoms with E-state index in [1.54, 1.807) is 12.1 Å². The first kappa shape index (κ1) is 22.8. The number of benzene rings is 1. The topological polar surface area (TPSA) is 59.4 Å². The highest BCUT2D eigenvalue weighted by molar-refractivity contribution is 6.30. The summed E-state index contributed by atoms with van der Waals surface area (Å²) in [6, 6.07) is 7.28. The van der Waals surface area contributed by atoms with Gasteiger partial charge in [-0.25, -0.2) is 4.39 Å². The van der Waals surface area contributed by atoms with Crippen molar-refractivity contribution in [3.8, 4) is 6.07 Å². The molecule has 1 aliphatic heterocycles. The number of halogens is 2.